The molecule has 0 saturated carbocycles. The van der Waals surface area contributed by atoms with E-state index < -0.39 is 7.26 Å². The van der Waals surface area contributed by atoms with Crippen molar-refractivity contribution in [2.24, 2.45) is 0 Å². The lowest BCUT2D eigenvalue weighted by Gasteiger charge is -2.26. The second kappa shape index (κ2) is 9.64. The molecule has 0 radical (unpaired) electrons. The number of anilines is 1. The highest BCUT2D eigenvalue weighted by Gasteiger charge is 2.44. The SMILES string of the molecule is COc1cccc(N)c1/C=C\C[P+](c1ccccc1)(c1ccccc1)c1ccccc1. The van der Waals surface area contributed by atoms with Crippen molar-refractivity contribution in [3.63, 3.8) is 0 Å². The van der Waals surface area contributed by atoms with Crippen LogP contribution in [0.1, 0.15) is 5.56 Å². The van der Waals surface area contributed by atoms with Gasteiger partial charge in [0.1, 0.15) is 28.9 Å². The molecule has 0 bridgehead atoms. The molecule has 0 aliphatic rings. The predicted molar refractivity (Wildman–Crippen MR) is 136 cm³/mol. The van der Waals surface area contributed by atoms with Gasteiger partial charge in [0.2, 0.25) is 0 Å². The molecule has 4 aromatic rings. The summed E-state index contributed by atoms with van der Waals surface area (Å²) in [4.78, 5) is 0. The van der Waals surface area contributed by atoms with Crippen molar-refractivity contribution in [3.05, 3.63) is 121 Å². The average molecular weight is 425 g/mol. The molecule has 0 atom stereocenters. The zero-order chi connectivity index (χ0) is 21.5. The van der Waals surface area contributed by atoms with Crippen molar-refractivity contribution in [2.45, 2.75) is 0 Å². The van der Waals surface area contributed by atoms with Gasteiger partial charge in [0.15, 0.2) is 0 Å². The van der Waals surface area contributed by atoms with E-state index in [0.29, 0.717) is 0 Å². The second-order valence-electron chi connectivity index (χ2n) is 7.36. The normalized spacial score (nSPS) is 11.5. The molecule has 2 N–H and O–H groups in total. The number of methoxy groups -OCH3 is 1. The Morgan fingerprint density at radius 2 is 1.16 bits per heavy atom. The summed E-state index contributed by atoms with van der Waals surface area (Å²) in [6.07, 6.45) is 5.26. The topological polar surface area (TPSA) is 35.2 Å². The number of nitrogens with two attached hydrogens (primary N) is 1. The zero-order valence-electron chi connectivity index (χ0n) is 17.7. The van der Waals surface area contributed by atoms with Crippen LogP contribution in [-0.4, -0.2) is 13.3 Å². The van der Waals surface area contributed by atoms with Gasteiger partial charge in [-0.3, -0.25) is 0 Å². The Hall–Kier alpha value is -3.35. The van der Waals surface area contributed by atoms with Gasteiger partial charge >= 0.3 is 0 Å². The third kappa shape index (κ3) is 4.26. The summed E-state index contributed by atoms with van der Waals surface area (Å²) >= 11 is 0. The Labute approximate surface area is 185 Å². The smallest absolute Gasteiger partial charge is 0.128 e. The third-order valence-electron chi connectivity index (χ3n) is 5.57. The molecule has 4 rings (SSSR count). The molecule has 0 saturated heterocycles. The fourth-order valence-corrected chi connectivity index (χ4v) is 8.05. The standard InChI is InChI=1S/C28H27NOP/c1-30-28-21-11-20-27(29)26(28)19-12-22-31(23-13-5-2-6-14-23,24-15-7-3-8-16-24)25-17-9-4-10-18-25/h2-21H,22,29H2,1H3/q+1/b19-12-. The van der Waals surface area contributed by atoms with Crippen molar-refractivity contribution in [2.75, 3.05) is 19.0 Å². The monoisotopic (exact) mass is 424 g/mol. The summed E-state index contributed by atoms with van der Waals surface area (Å²) < 4.78 is 5.54. The fraction of sp³-hybridized carbons (Fsp3) is 0.0714. The molecule has 154 valence electrons. The van der Waals surface area contributed by atoms with Crippen molar-refractivity contribution in [1.29, 1.82) is 0 Å². The zero-order valence-corrected chi connectivity index (χ0v) is 18.6. The summed E-state index contributed by atoms with van der Waals surface area (Å²) in [7, 11) is -0.215. The highest BCUT2D eigenvalue weighted by atomic mass is 31.2. The maximum absolute atomic E-state index is 6.26. The minimum absolute atomic E-state index is 0.721. The molecule has 0 unspecified atom stereocenters. The molecule has 0 fully saturated rings. The number of nitrogen functional groups attached to an aromatic ring is 1. The van der Waals surface area contributed by atoms with E-state index in [9.17, 15) is 0 Å². The highest BCUT2D eigenvalue weighted by molar-refractivity contribution is 7.95. The lowest BCUT2D eigenvalue weighted by Crippen LogP contribution is -2.32. The van der Waals surface area contributed by atoms with Crippen molar-refractivity contribution in [3.8, 4) is 5.75 Å². The first-order valence-electron chi connectivity index (χ1n) is 10.4. The molecule has 0 spiro atoms. The quantitative estimate of drug-likeness (QED) is 0.323. The van der Waals surface area contributed by atoms with Crippen LogP contribution in [0, 0.1) is 0 Å². The van der Waals surface area contributed by atoms with Gasteiger partial charge < -0.3 is 10.5 Å². The molecule has 3 heteroatoms. The number of benzene rings is 4. The van der Waals surface area contributed by atoms with E-state index in [0.717, 1.165) is 23.2 Å². The fourth-order valence-electron chi connectivity index (χ4n) is 4.06. The van der Waals surface area contributed by atoms with Gasteiger partial charge in [-0.25, -0.2) is 0 Å². The number of hydrogen-bond acceptors (Lipinski definition) is 2. The Kier molecular flexibility index (Phi) is 6.50. The lowest BCUT2D eigenvalue weighted by molar-refractivity contribution is 0.414. The van der Waals surface area contributed by atoms with Gasteiger partial charge in [-0.1, -0.05) is 60.7 Å². The van der Waals surface area contributed by atoms with Gasteiger partial charge in [-0.15, -0.1) is 0 Å². The molecule has 31 heavy (non-hydrogen) atoms. The first-order valence-corrected chi connectivity index (χ1v) is 12.4. The van der Waals surface area contributed by atoms with Crippen molar-refractivity contribution in [1.82, 2.24) is 0 Å². The minimum atomic E-state index is -1.90. The van der Waals surface area contributed by atoms with E-state index in [1.54, 1.807) is 7.11 Å². The maximum atomic E-state index is 6.26. The van der Waals surface area contributed by atoms with Gasteiger partial charge in [0.25, 0.3) is 0 Å². The van der Waals surface area contributed by atoms with Crippen LogP contribution in [0.25, 0.3) is 6.08 Å². The molecule has 2 nitrogen and oxygen atoms in total. The Balaban J connectivity index is 1.87. The van der Waals surface area contributed by atoms with E-state index >= 15 is 0 Å². The number of rotatable bonds is 7. The summed E-state index contributed by atoms with van der Waals surface area (Å²) in [6, 6.07) is 38.4. The predicted octanol–water partition coefficient (Wildman–Crippen LogP) is 5.28. The van der Waals surface area contributed by atoms with Crippen LogP contribution in [0.2, 0.25) is 0 Å². The first kappa shape index (κ1) is 20.9. The van der Waals surface area contributed by atoms with Gasteiger partial charge in [0.05, 0.1) is 13.3 Å². The number of allylic oxidation sites excluding steroid dienone is 1. The molecule has 0 amide bonds. The highest BCUT2D eigenvalue weighted by Crippen LogP contribution is 2.55. The molecule has 0 aliphatic heterocycles. The summed E-state index contributed by atoms with van der Waals surface area (Å²) in [5.41, 5.74) is 7.91. The molecule has 0 aliphatic carbocycles. The summed E-state index contributed by atoms with van der Waals surface area (Å²) in [6.45, 7) is 0. The largest absolute Gasteiger partial charge is 0.496 e. The lowest BCUT2D eigenvalue weighted by atomic mass is 10.1. The maximum Gasteiger partial charge on any atom is 0.128 e. The average Bonchev–Trinajstić information content (AvgIpc) is 2.84. The van der Waals surface area contributed by atoms with Crippen LogP contribution in [0.4, 0.5) is 5.69 Å². The Morgan fingerprint density at radius 1 is 0.677 bits per heavy atom. The van der Waals surface area contributed by atoms with Crippen LogP contribution in [0.3, 0.4) is 0 Å². The number of ether oxygens (including phenoxy) is 1. The molecular weight excluding hydrogens is 397 g/mol. The van der Waals surface area contributed by atoms with E-state index in [4.69, 9.17) is 10.5 Å². The van der Waals surface area contributed by atoms with E-state index in [-0.39, 0.29) is 0 Å². The van der Waals surface area contributed by atoms with Crippen LogP contribution in [0.5, 0.6) is 5.75 Å². The molecule has 0 heterocycles. The Bertz CT molecular complexity index is 1040. The summed E-state index contributed by atoms with van der Waals surface area (Å²) in [5, 5.41) is 4.10. The van der Waals surface area contributed by atoms with Crippen LogP contribution >= 0.6 is 7.26 Å². The van der Waals surface area contributed by atoms with Gasteiger partial charge in [0, 0.05) is 11.3 Å². The first-order chi connectivity index (χ1) is 15.3. The van der Waals surface area contributed by atoms with E-state index in [2.05, 4.69) is 103 Å². The summed E-state index contributed by atoms with van der Waals surface area (Å²) in [5.74, 6) is 0.791. The number of hydrogen-bond donors (Lipinski definition) is 1. The van der Waals surface area contributed by atoms with E-state index in [1.807, 2.05) is 18.2 Å². The van der Waals surface area contributed by atoms with Gasteiger partial charge in [-0.2, -0.15) is 0 Å². The third-order valence-corrected chi connectivity index (χ3v) is 9.87. The van der Waals surface area contributed by atoms with Crippen molar-refractivity contribution >= 4 is 34.9 Å². The molecule has 0 aromatic heterocycles. The second-order valence-corrected chi connectivity index (χ2v) is 10.9. The van der Waals surface area contributed by atoms with Crippen molar-refractivity contribution < 1.29 is 4.74 Å². The van der Waals surface area contributed by atoms with Crippen LogP contribution < -0.4 is 26.4 Å². The van der Waals surface area contributed by atoms with Crippen LogP contribution in [0.15, 0.2) is 115 Å². The molecular formula is C28H27NOP+. The van der Waals surface area contributed by atoms with Crippen LogP contribution in [-0.2, 0) is 0 Å². The van der Waals surface area contributed by atoms with E-state index in [1.165, 1.54) is 15.9 Å². The Morgan fingerprint density at radius 3 is 1.61 bits per heavy atom. The molecule has 4 aromatic carbocycles. The minimum Gasteiger partial charge on any atom is -0.496 e. The van der Waals surface area contributed by atoms with Gasteiger partial charge in [-0.05, 0) is 60.7 Å².